The number of furan rings is 1. The average Bonchev–Trinajstić information content (AvgIpc) is 2.95. The molecule has 1 aromatic rings. The van der Waals surface area contributed by atoms with Crippen molar-refractivity contribution >= 4 is 0 Å². The molecule has 1 heterocycles. The van der Waals surface area contributed by atoms with Crippen LogP contribution in [0.2, 0.25) is 0 Å². The Bertz CT molecular complexity index is 382. The van der Waals surface area contributed by atoms with Gasteiger partial charge in [0.2, 0.25) is 0 Å². The third-order valence-corrected chi connectivity index (χ3v) is 5.26. The Hall–Kier alpha value is -0.760. The summed E-state index contributed by atoms with van der Waals surface area (Å²) >= 11 is 0. The standard InChI is InChI=1S/C19H33NO/c1-5-11-20-18(13-15-10-12-21-14-15)16-6-8-17(9-7-16)19(2,3)4/h10,12,14,16-18,20H,5-9,11,13H2,1-4H3. The number of hydrogen-bond acceptors (Lipinski definition) is 2. The molecule has 120 valence electrons. The van der Waals surface area contributed by atoms with Crippen molar-refractivity contribution in [1.29, 1.82) is 0 Å². The van der Waals surface area contributed by atoms with Gasteiger partial charge in [-0.05, 0) is 74.0 Å². The predicted molar refractivity (Wildman–Crippen MR) is 89.4 cm³/mol. The van der Waals surface area contributed by atoms with Gasteiger partial charge in [-0.25, -0.2) is 0 Å². The summed E-state index contributed by atoms with van der Waals surface area (Å²) < 4.78 is 5.24. The van der Waals surface area contributed by atoms with Crippen molar-refractivity contribution in [3.63, 3.8) is 0 Å². The molecule has 1 saturated carbocycles. The molecule has 2 heteroatoms. The summed E-state index contributed by atoms with van der Waals surface area (Å²) in [4.78, 5) is 0. The zero-order valence-corrected chi connectivity index (χ0v) is 14.3. The highest BCUT2D eigenvalue weighted by Crippen LogP contribution is 2.41. The van der Waals surface area contributed by atoms with Gasteiger partial charge >= 0.3 is 0 Å². The molecule has 0 aliphatic heterocycles. The molecule has 1 aliphatic carbocycles. The zero-order valence-electron chi connectivity index (χ0n) is 14.3. The van der Waals surface area contributed by atoms with Crippen LogP contribution in [0.3, 0.4) is 0 Å². The van der Waals surface area contributed by atoms with Crippen molar-refractivity contribution < 1.29 is 4.42 Å². The van der Waals surface area contributed by atoms with Crippen LogP contribution in [0.5, 0.6) is 0 Å². The first kappa shape index (κ1) is 16.6. The van der Waals surface area contributed by atoms with Crippen LogP contribution < -0.4 is 5.32 Å². The maximum absolute atomic E-state index is 5.24. The van der Waals surface area contributed by atoms with Crippen molar-refractivity contribution in [2.75, 3.05) is 6.54 Å². The van der Waals surface area contributed by atoms with Gasteiger partial charge in [0.1, 0.15) is 0 Å². The zero-order chi connectivity index (χ0) is 15.3. The highest BCUT2D eigenvalue weighted by molar-refractivity contribution is 5.08. The molecule has 1 unspecified atom stereocenters. The van der Waals surface area contributed by atoms with Gasteiger partial charge < -0.3 is 9.73 Å². The molecule has 0 spiro atoms. The Morgan fingerprint density at radius 2 is 1.95 bits per heavy atom. The van der Waals surface area contributed by atoms with Crippen molar-refractivity contribution in [3.8, 4) is 0 Å². The normalized spacial score (nSPS) is 25.0. The van der Waals surface area contributed by atoms with Gasteiger partial charge in [0.05, 0.1) is 12.5 Å². The van der Waals surface area contributed by atoms with E-state index in [4.69, 9.17) is 4.42 Å². The Balaban J connectivity index is 1.92. The van der Waals surface area contributed by atoms with Crippen LogP contribution in [0.1, 0.15) is 65.4 Å². The molecule has 1 atom stereocenters. The summed E-state index contributed by atoms with van der Waals surface area (Å²) in [7, 11) is 0. The van der Waals surface area contributed by atoms with Crippen molar-refractivity contribution in [1.82, 2.24) is 5.32 Å². The summed E-state index contributed by atoms with van der Waals surface area (Å²) in [5.74, 6) is 1.72. The maximum Gasteiger partial charge on any atom is 0.0935 e. The molecular weight excluding hydrogens is 258 g/mol. The molecule has 0 bridgehead atoms. The van der Waals surface area contributed by atoms with E-state index in [2.05, 4.69) is 39.1 Å². The van der Waals surface area contributed by atoms with Crippen LogP contribution in [0.15, 0.2) is 23.0 Å². The average molecular weight is 291 g/mol. The molecular formula is C19H33NO. The van der Waals surface area contributed by atoms with Crippen LogP contribution in [-0.2, 0) is 6.42 Å². The molecule has 21 heavy (non-hydrogen) atoms. The van der Waals surface area contributed by atoms with Crippen LogP contribution in [0, 0.1) is 17.3 Å². The summed E-state index contributed by atoms with van der Waals surface area (Å²) in [5.41, 5.74) is 1.81. The fraction of sp³-hybridized carbons (Fsp3) is 0.789. The van der Waals surface area contributed by atoms with Crippen molar-refractivity contribution in [2.24, 2.45) is 17.3 Å². The van der Waals surface area contributed by atoms with Gasteiger partial charge in [0, 0.05) is 6.04 Å². The summed E-state index contributed by atoms with van der Waals surface area (Å²) in [5, 5.41) is 3.79. The lowest BCUT2D eigenvalue weighted by Gasteiger charge is -2.39. The monoisotopic (exact) mass is 291 g/mol. The fourth-order valence-electron chi connectivity index (χ4n) is 3.79. The molecule has 0 saturated heterocycles. The van der Waals surface area contributed by atoms with E-state index < -0.39 is 0 Å². The smallest absolute Gasteiger partial charge is 0.0935 e. The first-order valence-electron chi connectivity index (χ1n) is 8.75. The van der Waals surface area contributed by atoms with Crippen molar-refractivity contribution in [2.45, 2.75) is 72.3 Å². The lowest BCUT2D eigenvalue weighted by Crippen LogP contribution is -2.41. The minimum atomic E-state index is 0.474. The molecule has 2 rings (SSSR count). The highest BCUT2D eigenvalue weighted by Gasteiger charge is 2.32. The first-order chi connectivity index (χ1) is 10.0. The molecule has 2 nitrogen and oxygen atoms in total. The first-order valence-corrected chi connectivity index (χ1v) is 8.75. The fourth-order valence-corrected chi connectivity index (χ4v) is 3.79. The summed E-state index contributed by atoms with van der Waals surface area (Å²) in [6.45, 7) is 10.6. The maximum atomic E-state index is 5.24. The van der Waals surface area contributed by atoms with Gasteiger partial charge in [-0.1, -0.05) is 27.7 Å². The number of hydrogen-bond donors (Lipinski definition) is 1. The van der Waals surface area contributed by atoms with Crippen molar-refractivity contribution in [3.05, 3.63) is 24.2 Å². The van der Waals surface area contributed by atoms with Crippen LogP contribution in [0.25, 0.3) is 0 Å². The van der Waals surface area contributed by atoms with Gasteiger partial charge in [-0.2, -0.15) is 0 Å². The minimum absolute atomic E-state index is 0.474. The second-order valence-corrected chi connectivity index (χ2v) is 7.87. The van der Waals surface area contributed by atoms with Crippen LogP contribution in [-0.4, -0.2) is 12.6 Å². The van der Waals surface area contributed by atoms with E-state index in [1.54, 1.807) is 6.26 Å². The SMILES string of the molecule is CCCNC(Cc1ccoc1)C1CCC(C(C)(C)C)CC1. The number of nitrogens with one attached hydrogen (secondary N) is 1. The third-order valence-electron chi connectivity index (χ3n) is 5.26. The lowest BCUT2D eigenvalue weighted by molar-refractivity contribution is 0.132. The molecule has 0 radical (unpaired) electrons. The second-order valence-electron chi connectivity index (χ2n) is 7.87. The third kappa shape index (κ3) is 4.88. The van der Waals surface area contributed by atoms with E-state index >= 15 is 0 Å². The number of rotatable bonds is 6. The Morgan fingerprint density at radius 3 is 2.48 bits per heavy atom. The van der Waals surface area contributed by atoms with Gasteiger partial charge in [0.15, 0.2) is 0 Å². The molecule has 1 aliphatic rings. The van der Waals surface area contributed by atoms with Gasteiger partial charge in [-0.3, -0.25) is 0 Å². The minimum Gasteiger partial charge on any atom is -0.472 e. The van der Waals surface area contributed by atoms with Crippen LogP contribution >= 0.6 is 0 Å². The second kappa shape index (κ2) is 7.49. The molecule has 1 N–H and O–H groups in total. The van der Waals surface area contributed by atoms with E-state index in [1.807, 2.05) is 6.26 Å². The molecule has 1 aromatic heterocycles. The predicted octanol–water partition coefficient (Wildman–Crippen LogP) is 5.04. The van der Waals surface area contributed by atoms with Gasteiger partial charge in [-0.15, -0.1) is 0 Å². The van der Waals surface area contributed by atoms with Gasteiger partial charge in [0.25, 0.3) is 0 Å². The molecule has 0 amide bonds. The summed E-state index contributed by atoms with van der Waals surface area (Å²) in [6.07, 6.45) is 11.6. The highest BCUT2D eigenvalue weighted by atomic mass is 16.3. The quantitative estimate of drug-likeness (QED) is 0.794. The van der Waals surface area contributed by atoms with Crippen LogP contribution in [0.4, 0.5) is 0 Å². The largest absolute Gasteiger partial charge is 0.472 e. The summed E-state index contributed by atoms with van der Waals surface area (Å²) in [6, 6.07) is 2.73. The Morgan fingerprint density at radius 1 is 1.24 bits per heavy atom. The Kier molecular flexibility index (Phi) is 5.92. The van der Waals surface area contributed by atoms with E-state index in [-0.39, 0.29) is 0 Å². The lowest BCUT2D eigenvalue weighted by atomic mass is 9.68. The Labute approximate surface area is 130 Å². The molecule has 1 fully saturated rings. The topological polar surface area (TPSA) is 25.2 Å². The van der Waals surface area contributed by atoms with E-state index in [9.17, 15) is 0 Å². The van der Waals surface area contributed by atoms with E-state index in [0.717, 1.165) is 24.8 Å². The molecule has 0 aromatic carbocycles. The van der Waals surface area contributed by atoms with E-state index in [1.165, 1.54) is 37.7 Å². The van der Waals surface area contributed by atoms with E-state index in [0.29, 0.717) is 11.5 Å².